The van der Waals surface area contributed by atoms with E-state index in [1.165, 1.54) is 11.8 Å². The summed E-state index contributed by atoms with van der Waals surface area (Å²) in [7, 11) is 0. The van der Waals surface area contributed by atoms with Crippen molar-refractivity contribution in [2.45, 2.75) is 77.8 Å². The summed E-state index contributed by atoms with van der Waals surface area (Å²) in [5, 5.41) is 2.33. The fourth-order valence-electron chi connectivity index (χ4n) is 4.72. The van der Waals surface area contributed by atoms with Crippen LogP contribution in [0, 0.1) is 5.92 Å². The highest BCUT2D eigenvalue weighted by atomic mass is 16.7. The van der Waals surface area contributed by atoms with Gasteiger partial charge in [-0.2, -0.15) is 0 Å². The second-order valence-corrected chi connectivity index (χ2v) is 8.55. The molecule has 2 aromatic carbocycles. The normalized spacial score (nSPS) is 17.1. The molecular weight excluding hydrogens is 388 g/mol. The maximum atomic E-state index is 13.7. The minimum absolute atomic E-state index is 0.00302. The predicted molar refractivity (Wildman–Crippen MR) is 126 cm³/mol. The number of fused-ring (bicyclic) bond motifs is 1. The molecule has 1 aliphatic carbocycles. The average Bonchev–Trinajstić information content (AvgIpc) is 2.81. The highest BCUT2D eigenvalue weighted by Crippen LogP contribution is 2.28. The monoisotopic (exact) mass is 426 g/mol. The first kappa shape index (κ1) is 23.7. The molecule has 1 aliphatic rings. The lowest BCUT2D eigenvalue weighted by Gasteiger charge is -2.38. The lowest BCUT2D eigenvalue weighted by Crippen LogP contribution is -2.54. The number of nitrogens with two attached hydrogens (primary N) is 1. The topological polar surface area (TPSA) is 64.8 Å². The van der Waals surface area contributed by atoms with Crippen LogP contribution < -0.4 is 5.73 Å². The number of hydrogen-bond donors (Lipinski definition) is 1. The Bertz CT molecular complexity index is 823. The minimum Gasteiger partial charge on any atom is -0.351 e. The second kappa shape index (κ2) is 11.6. The number of benzene rings is 2. The molecule has 0 unspecified atom stereocenters. The van der Waals surface area contributed by atoms with Gasteiger partial charge in [0.1, 0.15) is 0 Å². The molecule has 0 saturated heterocycles. The Kier molecular flexibility index (Phi) is 8.88. The largest absolute Gasteiger partial charge is 0.351 e. The van der Waals surface area contributed by atoms with Crippen LogP contribution in [0.15, 0.2) is 42.5 Å². The Morgan fingerprint density at radius 1 is 1.03 bits per heavy atom. The smallest absolute Gasteiger partial charge is 0.240 e. The van der Waals surface area contributed by atoms with Crippen molar-refractivity contribution in [2.75, 3.05) is 13.2 Å². The number of nitrogens with zero attached hydrogens (tertiary/aromatic N) is 1. The maximum Gasteiger partial charge on any atom is 0.240 e. The van der Waals surface area contributed by atoms with Gasteiger partial charge in [-0.3, -0.25) is 4.79 Å². The molecule has 0 bridgehead atoms. The van der Waals surface area contributed by atoms with Gasteiger partial charge in [0.25, 0.3) is 0 Å². The predicted octanol–water partition coefficient (Wildman–Crippen LogP) is 4.86. The molecule has 0 aromatic heterocycles. The summed E-state index contributed by atoms with van der Waals surface area (Å²) in [5.74, 6) is 0.248. The van der Waals surface area contributed by atoms with Gasteiger partial charge in [0.2, 0.25) is 5.91 Å². The molecular formula is C26H38N2O3. The third-order valence-corrected chi connectivity index (χ3v) is 6.49. The van der Waals surface area contributed by atoms with Crippen molar-refractivity contribution >= 4 is 16.7 Å². The Labute approximate surface area is 186 Å². The molecule has 2 N–H and O–H groups in total. The van der Waals surface area contributed by atoms with Crippen molar-refractivity contribution in [3.8, 4) is 0 Å². The van der Waals surface area contributed by atoms with E-state index in [-0.39, 0.29) is 17.9 Å². The SMILES string of the molecule is CCOC(OCC)[C@H](C)N(Cc1cccc2ccccc12)C(=O)[C@@H](N)C1CCCCC1. The third-order valence-electron chi connectivity index (χ3n) is 6.49. The molecule has 5 heteroatoms. The zero-order valence-electron chi connectivity index (χ0n) is 19.3. The van der Waals surface area contributed by atoms with E-state index >= 15 is 0 Å². The van der Waals surface area contributed by atoms with Gasteiger partial charge in [-0.05, 0) is 55.9 Å². The number of rotatable bonds is 10. The fraction of sp³-hybridized carbons (Fsp3) is 0.577. The summed E-state index contributed by atoms with van der Waals surface area (Å²) in [6.45, 7) is 7.44. The number of hydrogen-bond acceptors (Lipinski definition) is 4. The molecule has 1 amide bonds. The number of amides is 1. The van der Waals surface area contributed by atoms with E-state index in [0.717, 1.165) is 36.6 Å². The number of ether oxygens (including phenoxy) is 2. The van der Waals surface area contributed by atoms with Crippen LogP contribution in [-0.4, -0.2) is 42.4 Å². The van der Waals surface area contributed by atoms with E-state index in [1.54, 1.807) is 0 Å². The van der Waals surface area contributed by atoms with E-state index in [1.807, 2.05) is 37.8 Å². The van der Waals surface area contributed by atoms with Crippen molar-refractivity contribution in [3.63, 3.8) is 0 Å². The highest BCUT2D eigenvalue weighted by molar-refractivity contribution is 5.87. The van der Waals surface area contributed by atoms with Gasteiger partial charge in [0.05, 0.1) is 12.1 Å². The first-order valence-corrected chi connectivity index (χ1v) is 11.8. The summed E-state index contributed by atoms with van der Waals surface area (Å²) in [6, 6.07) is 13.8. The zero-order chi connectivity index (χ0) is 22.2. The molecule has 0 spiro atoms. The van der Waals surface area contributed by atoms with Crippen molar-refractivity contribution < 1.29 is 14.3 Å². The first-order chi connectivity index (χ1) is 15.1. The fourth-order valence-corrected chi connectivity index (χ4v) is 4.72. The van der Waals surface area contributed by atoms with Crippen LogP contribution in [0.3, 0.4) is 0 Å². The minimum atomic E-state index is -0.485. The Balaban J connectivity index is 1.91. The quantitative estimate of drug-likeness (QED) is 0.551. The molecule has 2 atom stereocenters. The molecule has 0 aliphatic heterocycles. The van der Waals surface area contributed by atoms with Crippen LogP contribution in [-0.2, 0) is 20.8 Å². The Morgan fingerprint density at radius 2 is 1.68 bits per heavy atom. The van der Waals surface area contributed by atoms with Crippen molar-refractivity contribution in [3.05, 3.63) is 48.0 Å². The van der Waals surface area contributed by atoms with Crippen LogP contribution in [0.25, 0.3) is 10.8 Å². The van der Waals surface area contributed by atoms with Gasteiger partial charge in [-0.1, -0.05) is 61.7 Å². The van der Waals surface area contributed by atoms with Gasteiger partial charge < -0.3 is 20.1 Å². The van der Waals surface area contributed by atoms with Gasteiger partial charge in [-0.15, -0.1) is 0 Å². The van der Waals surface area contributed by atoms with Crippen LogP contribution >= 0.6 is 0 Å². The molecule has 1 saturated carbocycles. The van der Waals surface area contributed by atoms with Crippen molar-refractivity contribution in [2.24, 2.45) is 11.7 Å². The maximum absolute atomic E-state index is 13.7. The van der Waals surface area contributed by atoms with E-state index < -0.39 is 12.3 Å². The standard InChI is InChI=1S/C26H38N2O3/c1-4-30-26(31-5-2)19(3)28(25(29)24(27)21-13-7-6-8-14-21)18-22-16-11-15-20-12-9-10-17-23(20)22/h9-12,15-17,19,21,24,26H,4-8,13-14,18,27H2,1-3H3/t19-,24-/m0/s1. The summed E-state index contributed by atoms with van der Waals surface area (Å²) in [4.78, 5) is 15.6. The average molecular weight is 427 g/mol. The molecule has 0 heterocycles. The molecule has 2 aromatic rings. The summed E-state index contributed by atoms with van der Waals surface area (Å²) in [5.41, 5.74) is 7.68. The van der Waals surface area contributed by atoms with Gasteiger partial charge >= 0.3 is 0 Å². The van der Waals surface area contributed by atoms with Gasteiger partial charge in [0, 0.05) is 19.8 Å². The lowest BCUT2D eigenvalue weighted by molar-refractivity contribution is -0.180. The van der Waals surface area contributed by atoms with Crippen LogP contribution in [0.2, 0.25) is 0 Å². The van der Waals surface area contributed by atoms with E-state index in [4.69, 9.17) is 15.2 Å². The van der Waals surface area contributed by atoms with E-state index in [0.29, 0.717) is 19.8 Å². The molecule has 31 heavy (non-hydrogen) atoms. The van der Waals surface area contributed by atoms with Crippen LogP contribution in [0.5, 0.6) is 0 Å². The summed E-state index contributed by atoms with van der Waals surface area (Å²) in [6.07, 6.45) is 5.14. The molecule has 5 nitrogen and oxygen atoms in total. The Morgan fingerprint density at radius 3 is 2.35 bits per heavy atom. The molecule has 0 radical (unpaired) electrons. The van der Waals surface area contributed by atoms with E-state index in [2.05, 4.69) is 30.3 Å². The van der Waals surface area contributed by atoms with Gasteiger partial charge in [0.15, 0.2) is 6.29 Å². The highest BCUT2D eigenvalue weighted by Gasteiger charge is 2.35. The Hall–Kier alpha value is -1.95. The third kappa shape index (κ3) is 5.85. The summed E-state index contributed by atoms with van der Waals surface area (Å²) >= 11 is 0. The summed E-state index contributed by atoms with van der Waals surface area (Å²) < 4.78 is 11.7. The number of carbonyl (C=O) groups excluding carboxylic acids is 1. The zero-order valence-corrected chi connectivity index (χ0v) is 19.3. The lowest BCUT2D eigenvalue weighted by atomic mass is 9.83. The first-order valence-electron chi connectivity index (χ1n) is 11.8. The molecule has 170 valence electrons. The molecule has 1 fully saturated rings. The second-order valence-electron chi connectivity index (χ2n) is 8.55. The van der Waals surface area contributed by atoms with Crippen molar-refractivity contribution in [1.29, 1.82) is 0 Å². The van der Waals surface area contributed by atoms with Crippen LogP contribution in [0.4, 0.5) is 0 Å². The van der Waals surface area contributed by atoms with Crippen molar-refractivity contribution in [1.82, 2.24) is 4.90 Å². The van der Waals surface area contributed by atoms with Crippen LogP contribution in [0.1, 0.15) is 58.4 Å². The van der Waals surface area contributed by atoms with E-state index in [9.17, 15) is 4.79 Å². The molecule has 3 rings (SSSR count). The number of carbonyl (C=O) groups is 1. The van der Waals surface area contributed by atoms with Gasteiger partial charge in [-0.25, -0.2) is 0 Å².